The third-order valence-electron chi connectivity index (χ3n) is 6.21. The van der Waals surface area contributed by atoms with Crippen LogP contribution < -0.4 is 15.5 Å². The number of rotatable bonds is 7. The van der Waals surface area contributed by atoms with E-state index in [2.05, 4.69) is 43.5 Å². The van der Waals surface area contributed by atoms with Gasteiger partial charge in [0.2, 0.25) is 11.9 Å². The van der Waals surface area contributed by atoms with E-state index in [1.165, 1.54) is 12.3 Å². The van der Waals surface area contributed by atoms with E-state index >= 15 is 0 Å². The topological polar surface area (TPSA) is 106 Å². The van der Waals surface area contributed by atoms with Gasteiger partial charge in [0.05, 0.1) is 30.9 Å². The van der Waals surface area contributed by atoms with Gasteiger partial charge in [-0.15, -0.1) is 0 Å². The predicted molar refractivity (Wildman–Crippen MR) is 125 cm³/mol. The molecule has 4 heterocycles. The first kappa shape index (κ1) is 24.4. The molecule has 0 aliphatic carbocycles. The summed E-state index contributed by atoms with van der Waals surface area (Å²) in [4.78, 5) is 24.6. The first-order chi connectivity index (χ1) is 16.3. The minimum Gasteiger partial charge on any atom is -0.383 e. The highest BCUT2D eigenvalue weighted by atomic mass is 19.3. The van der Waals surface area contributed by atoms with Crippen LogP contribution in [0.3, 0.4) is 0 Å². The van der Waals surface area contributed by atoms with E-state index in [0.29, 0.717) is 49.6 Å². The second-order valence-electron chi connectivity index (χ2n) is 9.10. The zero-order valence-corrected chi connectivity index (χ0v) is 19.9. The Morgan fingerprint density at radius 2 is 1.85 bits per heavy atom. The van der Waals surface area contributed by atoms with E-state index in [1.54, 1.807) is 7.11 Å². The Morgan fingerprint density at radius 1 is 1.12 bits per heavy atom. The van der Waals surface area contributed by atoms with Gasteiger partial charge in [-0.05, 0) is 19.9 Å². The highest BCUT2D eigenvalue weighted by Crippen LogP contribution is 2.31. The quantitative estimate of drug-likeness (QED) is 0.634. The van der Waals surface area contributed by atoms with E-state index in [4.69, 9.17) is 20.2 Å². The largest absolute Gasteiger partial charge is 0.383 e. The summed E-state index contributed by atoms with van der Waals surface area (Å²) >= 11 is 0. The first-order valence-corrected chi connectivity index (χ1v) is 11.4. The van der Waals surface area contributed by atoms with Crippen molar-refractivity contribution < 1.29 is 18.3 Å². The molecule has 4 rings (SSSR count). The van der Waals surface area contributed by atoms with E-state index in [-0.39, 0.29) is 16.9 Å². The van der Waals surface area contributed by atoms with Gasteiger partial charge in [0, 0.05) is 58.1 Å². The van der Waals surface area contributed by atoms with Crippen LogP contribution in [0.15, 0.2) is 12.3 Å². The van der Waals surface area contributed by atoms with Crippen LogP contribution in [0.4, 0.5) is 26.5 Å². The summed E-state index contributed by atoms with van der Waals surface area (Å²) < 4.78 is 37.8. The molecule has 0 radical (unpaired) electrons. The lowest BCUT2D eigenvalue weighted by molar-refractivity contribution is 0.0634. The minimum atomic E-state index is -2.74. The Labute approximate surface area is 198 Å². The van der Waals surface area contributed by atoms with Crippen LogP contribution >= 0.6 is 0 Å². The van der Waals surface area contributed by atoms with Crippen molar-refractivity contribution in [3.8, 4) is 11.4 Å². The number of hydrogen-bond donors (Lipinski definition) is 1. The summed E-state index contributed by atoms with van der Waals surface area (Å²) in [7, 11) is 1.70. The molecule has 2 fully saturated rings. The average Bonchev–Trinajstić information content (AvgIpc) is 2.82. The molecular formula is C22H32F2N8O2. The Kier molecular flexibility index (Phi) is 7.39. The second kappa shape index (κ2) is 10.3. The molecule has 10 nitrogen and oxygen atoms in total. The summed E-state index contributed by atoms with van der Waals surface area (Å²) in [6.45, 7) is 10.5. The number of hydrogen-bond acceptors (Lipinski definition) is 10. The van der Waals surface area contributed by atoms with Gasteiger partial charge in [0.25, 0.3) is 6.43 Å². The van der Waals surface area contributed by atoms with Gasteiger partial charge in [-0.1, -0.05) is 0 Å². The van der Waals surface area contributed by atoms with E-state index in [9.17, 15) is 8.78 Å². The van der Waals surface area contributed by atoms with Crippen LogP contribution in [0, 0.1) is 0 Å². The number of pyridine rings is 1. The van der Waals surface area contributed by atoms with Crippen LogP contribution in [-0.4, -0.2) is 96.6 Å². The molecule has 2 aliphatic heterocycles. The molecule has 186 valence electrons. The van der Waals surface area contributed by atoms with Crippen molar-refractivity contribution in [2.45, 2.75) is 25.8 Å². The Morgan fingerprint density at radius 3 is 2.53 bits per heavy atom. The molecule has 0 amide bonds. The maximum absolute atomic E-state index is 13.5. The van der Waals surface area contributed by atoms with Crippen molar-refractivity contribution in [3.63, 3.8) is 0 Å². The molecule has 12 heteroatoms. The second-order valence-corrected chi connectivity index (χ2v) is 9.10. The lowest BCUT2D eigenvalue weighted by Gasteiger charge is -2.42. The number of morpholine rings is 1. The number of nitrogen functional groups attached to an aromatic ring is 1. The fraction of sp³-hybridized carbons (Fsp3) is 0.636. The molecule has 2 aliphatic rings. The Hall–Kier alpha value is -2.70. The van der Waals surface area contributed by atoms with Gasteiger partial charge < -0.3 is 25.0 Å². The third-order valence-corrected chi connectivity index (χ3v) is 6.21. The molecule has 0 spiro atoms. The standard InChI is InChI=1S/C22H32F2N8O2/c1-22(2)14-34-11-9-32(22)21-28-19(15-12-16(17(23)24)18(25)26-13-15)27-20(29-21)31-6-4-30(5-7-31)8-10-33-3/h12-13,17H,4-11,14H2,1-3H3,(H2,25,26). The number of aromatic nitrogens is 4. The lowest BCUT2D eigenvalue weighted by atomic mass is 10.0. The fourth-order valence-electron chi connectivity index (χ4n) is 4.16. The number of anilines is 3. The molecule has 2 N–H and O–H groups in total. The number of nitrogens with zero attached hydrogens (tertiary/aromatic N) is 7. The molecule has 0 bridgehead atoms. The van der Waals surface area contributed by atoms with Gasteiger partial charge in [-0.3, -0.25) is 4.90 Å². The van der Waals surface area contributed by atoms with Gasteiger partial charge in [0.15, 0.2) is 5.82 Å². The molecule has 0 saturated carbocycles. The molecule has 34 heavy (non-hydrogen) atoms. The normalized spacial score (nSPS) is 19.1. The number of ether oxygens (including phenoxy) is 2. The summed E-state index contributed by atoms with van der Waals surface area (Å²) in [5.41, 5.74) is 5.36. The van der Waals surface area contributed by atoms with E-state index < -0.39 is 6.43 Å². The number of halogens is 2. The lowest BCUT2D eigenvalue weighted by Crippen LogP contribution is -2.54. The maximum Gasteiger partial charge on any atom is 0.267 e. The van der Waals surface area contributed by atoms with Crippen molar-refractivity contribution in [2.24, 2.45) is 0 Å². The van der Waals surface area contributed by atoms with E-state index in [0.717, 1.165) is 32.7 Å². The summed E-state index contributed by atoms with van der Waals surface area (Å²) in [6, 6.07) is 1.31. The van der Waals surface area contributed by atoms with Crippen molar-refractivity contribution >= 4 is 17.7 Å². The fourth-order valence-corrected chi connectivity index (χ4v) is 4.16. The Balaban J connectivity index is 1.70. The predicted octanol–water partition coefficient (Wildman–Crippen LogP) is 1.84. The molecule has 0 atom stereocenters. The van der Waals surface area contributed by atoms with Gasteiger partial charge in [-0.25, -0.2) is 13.8 Å². The zero-order chi connectivity index (χ0) is 24.3. The van der Waals surface area contributed by atoms with Crippen molar-refractivity contribution in [3.05, 3.63) is 17.8 Å². The van der Waals surface area contributed by atoms with Crippen molar-refractivity contribution in [2.75, 3.05) is 81.7 Å². The monoisotopic (exact) mass is 478 g/mol. The molecule has 2 aromatic heterocycles. The number of methoxy groups -OCH3 is 1. The first-order valence-electron chi connectivity index (χ1n) is 11.4. The zero-order valence-electron chi connectivity index (χ0n) is 19.9. The van der Waals surface area contributed by atoms with E-state index in [1.807, 2.05) is 0 Å². The summed E-state index contributed by atoms with van der Waals surface area (Å²) in [5, 5.41) is 0. The molecule has 0 aromatic carbocycles. The third kappa shape index (κ3) is 5.34. The van der Waals surface area contributed by atoms with Crippen molar-refractivity contribution in [1.29, 1.82) is 0 Å². The summed E-state index contributed by atoms with van der Waals surface area (Å²) in [5.74, 6) is 1.10. The molecule has 0 unspecified atom stereocenters. The van der Waals surface area contributed by atoms with Crippen LogP contribution in [0.2, 0.25) is 0 Å². The van der Waals surface area contributed by atoms with Gasteiger partial charge in [-0.2, -0.15) is 15.0 Å². The van der Waals surface area contributed by atoms with Crippen LogP contribution in [-0.2, 0) is 9.47 Å². The molecule has 2 aromatic rings. The number of alkyl halides is 2. The smallest absolute Gasteiger partial charge is 0.267 e. The number of nitrogens with two attached hydrogens (primary N) is 1. The molecule has 2 saturated heterocycles. The van der Waals surface area contributed by atoms with Gasteiger partial charge >= 0.3 is 0 Å². The Bertz CT molecular complexity index is 985. The minimum absolute atomic E-state index is 0.199. The SMILES string of the molecule is COCCN1CCN(c2nc(-c3cnc(N)c(C(F)F)c3)nc(N3CCOCC3(C)C)n2)CC1. The van der Waals surface area contributed by atoms with Crippen LogP contribution in [0.1, 0.15) is 25.8 Å². The van der Waals surface area contributed by atoms with Gasteiger partial charge in [0.1, 0.15) is 5.82 Å². The van der Waals surface area contributed by atoms with Crippen molar-refractivity contribution in [1.82, 2.24) is 24.8 Å². The van der Waals surface area contributed by atoms with Crippen LogP contribution in [0.25, 0.3) is 11.4 Å². The highest BCUT2D eigenvalue weighted by Gasteiger charge is 2.34. The highest BCUT2D eigenvalue weighted by molar-refractivity contribution is 5.62. The average molecular weight is 479 g/mol. The summed E-state index contributed by atoms with van der Waals surface area (Å²) in [6.07, 6.45) is -1.32. The van der Waals surface area contributed by atoms with Crippen LogP contribution in [0.5, 0.6) is 0 Å². The maximum atomic E-state index is 13.5. The number of piperazine rings is 1. The molecular weight excluding hydrogens is 446 g/mol.